The van der Waals surface area contributed by atoms with Crippen LogP contribution in [0, 0.1) is 0 Å². The van der Waals surface area contributed by atoms with Gasteiger partial charge in [0.25, 0.3) is 0 Å². The maximum Gasteiger partial charge on any atom is 0.178 e. The molecule has 2 heterocycles. The summed E-state index contributed by atoms with van der Waals surface area (Å²) in [6.07, 6.45) is 3.93. The van der Waals surface area contributed by atoms with Crippen molar-refractivity contribution < 1.29 is 4.74 Å². The molecule has 0 saturated carbocycles. The highest BCUT2D eigenvalue weighted by Crippen LogP contribution is 2.40. The molecular weight excluding hydrogens is 330 g/mol. The average molecular weight is 349 g/mol. The molecule has 0 atom stereocenters. The van der Waals surface area contributed by atoms with E-state index in [1.54, 1.807) is 13.3 Å². The van der Waals surface area contributed by atoms with E-state index in [2.05, 4.69) is 46.1 Å². The summed E-state index contributed by atoms with van der Waals surface area (Å²) in [5.41, 5.74) is 3.77. The quantitative estimate of drug-likeness (QED) is 0.508. The van der Waals surface area contributed by atoms with Crippen LogP contribution in [-0.2, 0) is 6.42 Å². The monoisotopic (exact) mass is 349 g/mol. The molecule has 0 radical (unpaired) electrons. The summed E-state index contributed by atoms with van der Waals surface area (Å²) in [5.74, 6) is 1.47. The summed E-state index contributed by atoms with van der Waals surface area (Å²) in [4.78, 5) is 13.1. The highest BCUT2D eigenvalue weighted by atomic mass is 32.1. The average Bonchev–Trinajstić information content (AvgIpc) is 3.05. The van der Waals surface area contributed by atoms with E-state index in [1.807, 2.05) is 12.1 Å². The molecule has 126 valence electrons. The second kappa shape index (κ2) is 6.41. The number of aromatic amines is 1. The second-order valence-corrected chi connectivity index (χ2v) is 6.52. The second-order valence-electron chi connectivity index (χ2n) is 6.07. The van der Waals surface area contributed by atoms with E-state index in [-0.39, 0.29) is 0 Å². The number of nitrogens with one attached hydrogen (secondary N) is 1. The highest BCUT2D eigenvalue weighted by Gasteiger charge is 2.17. The predicted octanol–water partition coefficient (Wildman–Crippen LogP) is 5.03. The summed E-state index contributed by atoms with van der Waals surface area (Å²) in [6.45, 7) is 2.19. The smallest absolute Gasteiger partial charge is 0.178 e. The summed E-state index contributed by atoms with van der Waals surface area (Å²) in [5, 5.41) is 2.22. The number of nitrogens with zero attached hydrogens (tertiary/aromatic N) is 2. The summed E-state index contributed by atoms with van der Waals surface area (Å²) in [7, 11) is 1.68. The molecule has 0 bridgehead atoms. The molecule has 5 heteroatoms. The van der Waals surface area contributed by atoms with Crippen LogP contribution in [-0.4, -0.2) is 22.1 Å². The van der Waals surface area contributed by atoms with E-state index in [0.29, 0.717) is 5.65 Å². The number of methoxy groups -OCH3 is 1. The van der Waals surface area contributed by atoms with Crippen LogP contribution in [0.5, 0.6) is 5.75 Å². The van der Waals surface area contributed by atoms with Crippen molar-refractivity contribution in [2.24, 2.45) is 0 Å². The van der Waals surface area contributed by atoms with E-state index in [9.17, 15) is 0 Å². The number of aromatic nitrogens is 3. The van der Waals surface area contributed by atoms with Gasteiger partial charge in [-0.1, -0.05) is 31.5 Å². The number of fused-ring (bicyclic) bond motifs is 2. The van der Waals surface area contributed by atoms with Crippen LogP contribution in [0.25, 0.3) is 33.3 Å². The SMILES string of the molecule is CCCc1ccc2c(S)c(-c3nc4ncccc4[nH]3)c(OC)cc2c1. The van der Waals surface area contributed by atoms with Crippen LogP contribution in [0.2, 0.25) is 0 Å². The molecule has 0 aliphatic carbocycles. The van der Waals surface area contributed by atoms with Crippen LogP contribution in [0.15, 0.2) is 47.5 Å². The number of rotatable bonds is 4. The van der Waals surface area contributed by atoms with Gasteiger partial charge in [-0.15, -0.1) is 12.6 Å². The van der Waals surface area contributed by atoms with Crippen LogP contribution in [0.1, 0.15) is 18.9 Å². The number of imidazole rings is 1. The first-order valence-corrected chi connectivity index (χ1v) is 8.79. The zero-order valence-electron chi connectivity index (χ0n) is 14.2. The fraction of sp³-hybridized carbons (Fsp3) is 0.200. The molecule has 0 amide bonds. The van der Waals surface area contributed by atoms with Gasteiger partial charge in [0.15, 0.2) is 5.65 Å². The number of thiol groups is 1. The summed E-state index contributed by atoms with van der Waals surface area (Å²) in [6, 6.07) is 12.4. The Morgan fingerprint density at radius 3 is 2.84 bits per heavy atom. The molecule has 0 fully saturated rings. The van der Waals surface area contributed by atoms with E-state index in [1.165, 1.54) is 5.56 Å². The fourth-order valence-electron chi connectivity index (χ4n) is 3.21. The van der Waals surface area contributed by atoms with Gasteiger partial charge in [-0.25, -0.2) is 9.97 Å². The number of hydrogen-bond acceptors (Lipinski definition) is 4. The Kier molecular flexibility index (Phi) is 4.09. The van der Waals surface area contributed by atoms with Crippen molar-refractivity contribution >= 4 is 34.6 Å². The zero-order chi connectivity index (χ0) is 17.4. The van der Waals surface area contributed by atoms with Gasteiger partial charge in [-0.3, -0.25) is 0 Å². The molecule has 1 N–H and O–H groups in total. The Balaban J connectivity index is 1.96. The minimum absolute atomic E-state index is 0.686. The number of pyridine rings is 1. The minimum atomic E-state index is 0.686. The van der Waals surface area contributed by atoms with Crippen LogP contribution in [0.3, 0.4) is 0 Å². The molecule has 0 saturated heterocycles. The van der Waals surface area contributed by atoms with Gasteiger partial charge >= 0.3 is 0 Å². The third kappa shape index (κ3) is 2.74. The first-order valence-electron chi connectivity index (χ1n) is 8.35. The molecule has 4 aromatic rings. The highest BCUT2D eigenvalue weighted by molar-refractivity contribution is 7.80. The minimum Gasteiger partial charge on any atom is -0.496 e. The van der Waals surface area contributed by atoms with E-state index in [0.717, 1.165) is 51.2 Å². The Labute approximate surface area is 151 Å². The van der Waals surface area contributed by atoms with Crippen molar-refractivity contribution in [1.82, 2.24) is 15.0 Å². The van der Waals surface area contributed by atoms with Crippen LogP contribution >= 0.6 is 12.6 Å². The maximum absolute atomic E-state index is 5.66. The van der Waals surface area contributed by atoms with Gasteiger partial charge in [0, 0.05) is 11.1 Å². The van der Waals surface area contributed by atoms with Crippen molar-refractivity contribution in [2.45, 2.75) is 24.7 Å². The predicted molar refractivity (Wildman–Crippen MR) is 105 cm³/mol. The zero-order valence-corrected chi connectivity index (χ0v) is 15.1. The Hall–Kier alpha value is -2.53. The first-order chi connectivity index (χ1) is 12.2. The lowest BCUT2D eigenvalue weighted by Gasteiger charge is -2.13. The Bertz CT molecular complexity index is 1040. The lowest BCUT2D eigenvalue weighted by Crippen LogP contribution is -1.93. The molecule has 2 aromatic heterocycles. The number of benzene rings is 2. The topological polar surface area (TPSA) is 50.8 Å². The lowest BCUT2D eigenvalue weighted by molar-refractivity contribution is 0.416. The Morgan fingerprint density at radius 1 is 1.20 bits per heavy atom. The standard InChI is InChI=1S/C20H19N3OS/c1-3-5-12-7-8-14-13(10-12)11-16(24-2)17(18(14)25)20-22-15-6-4-9-21-19(15)23-20/h4,6-11,25H,3,5H2,1-2H3,(H,21,22,23). The number of hydrogen-bond donors (Lipinski definition) is 2. The molecule has 0 unspecified atom stereocenters. The van der Waals surface area contributed by atoms with Gasteiger partial charge in [-0.05, 0) is 41.0 Å². The van der Waals surface area contributed by atoms with Crippen LogP contribution < -0.4 is 4.74 Å². The Morgan fingerprint density at radius 2 is 2.08 bits per heavy atom. The van der Waals surface area contributed by atoms with Gasteiger partial charge in [0.05, 0.1) is 18.2 Å². The van der Waals surface area contributed by atoms with Gasteiger partial charge in [0.1, 0.15) is 11.6 Å². The third-order valence-corrected chi connectivity index (χ3v) is 4.86. The summed E-state index contributed by atoms with van der Waals surface area (Å²) >= 11 is 4.81. The van der Waals surface area contributed by atoms with E-state index in [4.69, 9.17) is 17.4 Å². The molecule has 0 aliphatic heterocycles. The molecule has 0 aliphatic rings. The van der Waals surface area contributed by atoms with E-state index < -0.39 is 0 Å². The fourth-order valence-corrected chi connectivity index (χ4v) is 3.63. The molecule has 25 heavy (non-hydrogen) atoms. The normalized spacial score (nSPS) is 11.3. The summed E-state index contributed by atoms with van der Waals surface area (Å²) < 4.78 is 5.66. The van der Waals surface area contributed by atoms with Crippen molar-refractivity contribution in [2.75, 3.05) is 7.11 Å². The number of ether oxygens (including phenoxy) is 1. The molecule has 4 rings (SSSR count). The number of aryl methyl sites for hydroxylation is 1. The lowest BCUT2D eigenvalue weighted by atomic mass is 10.0. The van der Waals surface area contributed by atoms with Crippen molar-refractivity contribution in [3.05, 3.63) is 48.2 Å². The van der Waals surface area contributed by atoms with Crippen molar-refractivity contribution in [3.8, 4) is 17.1 Å². The third-order valence-electron chi connectivity index (χ3n) is 4.39. The van der Waals surface area contributed by atoms with Gasteiger partial charge < -0.3 is 9.72 Å². The first kappa shape index (κ1) is 16.0. The molecular formula is C20H19N3OS. The van der Waals surface area contributed by atoms with Crippen molar-refractivity contribution in [3.63, 3.8) is 0 Å². The number of H-pyrrole nitrogens is 1. The van der Waals surface area contributed by atoms with Gasteiger partial charge in [0.2, 0.25) is 0 Å². The van der Waals surface area contributed by atoms with Crippen LogP contribution in [0.4, 0.5) is 0 Å². The molecule has 4 nitrogen and oxygen atoms in total. The molecule has 0 spiro atoms. The van der Waals surface area contributed by atoms with Gasteiger partial charge in [-0.2, -0.15) is 0 Å². The maximum atomic E-state index is 5.66. The molecule has 2 aromatic carbocycles. The largest absolute Gasteiger partial charge is 0.496 e. The van der Waals surface area contributed by atoms with Crippen molar-refractivity contribution in [1.29, 1.82) is 0 Å². The van der Waals surface area contributed by atoms with E-state index >= 15 is 0 Å².